The van der Waals surface area contributed by atoms with Crippen LogP contribution in [-0.2, 0) is 0 Å². The number of hydrogen-bond donors (Lipinski definition) is 0. The molecule has 0 saturated carbocycles. The molecule has 12 aromatic rings. The molecule has 58 heavy (non-hydrogen) atoms. The predicted molar refractivity (Wildman–Crippen MR) is 250 cm³/mol. The van der Waals surface area contributed by atoms with Crippen LogP contribution in [0.25, 0.3) is 95.7 Å². The molecule has 0 N–H and O–H groups in total. The van der Waals surface area contributed by atoms with E-state index < -0.39 is 0 Å². The number of benzene rings is 9. The molecule has 4 heteroatoms. The fraction of sp³-hybridized carbons (Fsp3) is 0. The van der Waals surface area contributed by atoms with E-state index in [9.17, 15) is 0 Å². The van der Waals surface area contributed by atoms with Crippen LogP contribution in [-0.4, -0.2) is 0 Å². The molecule has 9 aromatic carbocycles. The summed E-state index contributed by atoms with van der Waals surface area (Å²) in [6.45, 7) is 0. The van der Waals surface area contributed by atoms with E-state index in [1.165, 1.54) is 62.6 Å². The van der Waals surface area contributed by atoms with Crippen molar-refractivity contribution in [3.05, 3.63) is 200 Å². The Morgan fingerprint density at radius 1 is 0.310 bits per heavy atom. The maximum atomic E-state index is 6.45. The number of rotatable bonds is 6. The third-order valence-electron chi connectivity index (χ3n) is 11.5. The molecule has 3 aromatic heterocycles. The number of nitrogens with zero attached hydrogens (tertiary/aromatic N) is 1. The third-order valence-corrected chi connectivity index (χ3v) is 13.8. The molecule has 3 heterocycles. The molecule has 0 fully saturated rings. The lowest BCUT2D eigenvalue weighted by atomic mass is 9.99. The number of furan rings is 1. The molecule has 0 amide bonds. The molecule has 2 nitrogen and oxygen atoms in total. The van der Waals surface area contributed by atoms with Crippen molar-refractivity contribution >= 4 is 102 Å². The highest BCUT2D eigenvalue weighted by atomic mass is 32.1. The maximum absolute atomic E-state index is 6.45. The number of thiophene rings is 2. The minimum absolute atomic E-state index is 0.908. The normalized spacial score (nSPS) is 11.8. The van der Waals surface area contributed by atoms with Gasteiger partial charge in [-0.05, 0) is 107 Å². The quantitative estimate of drug-likeness (QED) is 0.167. The third kappa shape index (κ3) is 5.45. The van der Waals surface area contributed by atoms with Crippen LogP contribution in [0.15, 0.2) is 205 Å². The largest absolute Gasteiger partial charge is 0.455 e. The first-order valence-electron chi connectivity index (χ1n) is 19.6. The van der Waals surface area contributed by atoms with Gasteiger partial charge in [0.15, 0.2) is 0 Å². The van der Waals surface area contributed by atoms with Gasteiger partial charge in [-0.2, -0.15) is 0 Å². The zero-order valence-corrected chi connectivity index (χ0v) is 32.9. The Bertz CT molecular complexity index is 3380. The highest BCUT2D eigenvalue weighted by Gasteiger charge is 2.18. The molecule has 0 saturated heterocycles. The lowest BCUT2D eigenvalue weighted by Crippen LogP contribution is -2.10. The number of anilines is 3. The van der Waals surface area contributed by atoms with Gasteiger partial charge in [0.05, 0.1) is 0 Å². The second-order valence-electron chi connectivity index (χ2n) is 14.9. The summed E-state index contributed by atoms with van der Waals surface area (Å²) in [7, 11) is 0. The SMILES string of the molecule is c1cc(-c2ccc3sc4ccccc4c3c2)cc(N(c2ccc(-c3cccc4c3oc3ccccc34)cc2)c2cccc(-c3ccc4sc5ccccc5c4c3)c2)c1. The van der Waals surface area contributed by atoms with Crippen molar-refractivity contribution in [2.24, 2.45) is 0 Å². The fourth-order valence-corrected chi connectivity index (χ4v) is 10.8. The molecule has 0 radical (unpaired) electrons. The molecule has 0 atom stereocenters. The van der Waals surface area contributed by atoms with Gasteiger partial charge in [-0.25, -0.2) is 0 Å². The van der Waals surface area contributed by atoms with E-state index in [4.69, 9.17) is 4.42 Å². The summed E-state index contributed by atoms with van der Waals surface area (Å²) in [5.41, 5.74) is 12.1. The van der Waals surface area contributed by atoms with E-state index in [2.05, 4.69) is 193 Å². The van der Waals surface area contributed by atoms with E-state index in [1.807, 2.05) is 34.8 Å². The molecule has 0 bridgehead atoms. The molecule has 0 aliphatic rings. The zero-order chi connectivity index (χ0) is 38.2. The van der Waals surface area contributed by atoms with Gasteiger partial charge in [-0.3, -0.25) is 0 Å². The van der Waals surface area contributed by atoms with Gasteiger partial charge >= 0.3 is 0 Å². The van der Waals surface area contributed by atoms with Crippen molar-refractivity contribution in [3.8, 4) is 33.4 Å². The molecule has 0 aliphatic carbocycles. The highest BCUT2D eigenvalue weighted by molar-refractivity contribution is 7.26. The smallest absolute Gasteiger partial charge is 0.143 e. The Labute approximate surface area is 343 Å². The molecule has 12 rings (SSSR count). The second kappa shape index (κ2) is 13.3. The van der Waals surface area contributed by atoms with Gasteiger partial charge in [0.1, 0.15) is 11.2 Å². The van der Waals surface area contributed by atoms with Crippen LogP contribution < -0.4 is 4.90 Å². The Morgan fingerprint density at radius 2 is 0.793 bits per heavy atom. The van der Waals surface area contributed by atoms with Crippen LogP contribution in [0.1, 0.15) is 0 Å². The Kier molecular flexibility index (Phi) is 7.62. The first-order chi connectivity index (χ1) is 28.7. The first kappa shape index (κ1) is 33.2. The van der Waals surface area contributed by atoms with Crippen molar-refractivity contribution < 1.29 is 4.42 Å². The Morgan fingerprint density at radius 3 is 1.41 bits per heavy atom. The molecular formula is C54H33NOS2. The van der Waals surface area contributed by atoms with E-state index in [0.717, 1.165) is 50.1 Å². The van der Waals surface area contributed by atoms with E-state index in [-0.39, 0.29) is 0 Å². The minimum atomic E-state index is 0.908. The fourth-order valence-electron chi connectivity index (χ4n) is 8.67. The lowest BCUT2D eigenvalue weighted by Gasteiger charge is -2.27. The summed E-state index contributed by atoms with van der Waals surface area (Å²) in [4.78, 5) is 2.38. The van der Waals surface area contributed by atoms with Gasteiger partial charge in [0, 0.05) is 73.7 Å². The van der Waals surface area contributed by atoms with Gasteiger partial charge < -0.3 is 9.32 Å². The van der Waals surface area contributed by atoms with Crippen molar-refractivity contribution in [1.29, 1.82) is 0 Å². The van der Waals surface area contributed by atoms with Gasteiger partial charge in [0.2, 0.25) is 0 Å². The van der Waals surface area contributed by atoms with Crippen LogP contribution in [0.2, 0.25) is 0 Å². The van der Waals surface area contributed by atoms with Gasteiger partial charge in [0.25, 0.3) is 0 Å². The summed E-state index contributed by atoms with van der Waals surface area (Å²) < 4.78 is 11.7. The van der Waals surface area contributed by atoms with Crippen LogP contribution in [0, 0.1) is 0 Å². The molecule has 272 valence electrons. The molecular weight excluding hydrogens is 743 g/mol. The maximum Gasteiger partial charge on any atom is 0.143 e. The minimum Gasteiger partial charge on any atom is -0.455 e. The van der Waals surface area contributed by atoms with E-state index in [1.54, 1.807) is 0 Å². The predicted octanol–water partition coefficient (Wildman–Crippen LogP) is 16.8. The first-order valence-corrected chi connectivity index (χ1v) is 21.2. The standard InChI is InChI=1S/C54H33NOS2/c1-4-19-49-43(14-1)46-18-9-17-42(54(46)56-49)34-22-26-39(27-23-34)55(40-12-7-10-35(30-40)37-24-28-52-47(32-37)44-15-2-5-20-50(44)57-52)41-13-8-11-36(31-41)38-25-29-53-48(33-38)45-16-3-6-21-51(45)58-53/h1-33H. The average Bonchev–Trinajstić information content (AvgIpc) is 3.98. The highest BCUT2D eigenvalue weighted by Crippen LogP contribution is 2.43. The van der Waals surface area contributed by atoms with Crippen molar-refractivity contribution in [2.75, 3.05) is 4.90 Å². The summed E-state index contributed by atoms with van der Waals surface area (Å²) in [5, 5.41) is 7.50. The van der Waals surface area contributed by atoms with Crippen LogP contribution in [0.5, 0.6) is 0 Å². The number of para-hydroxylation sites is 2. The second-order valence-corrected chi connectivity index (χ2v) is 17.0. The van der Waals surface area contributed by atoms with Crippen molar-refractivity contribution in [3.63, 3.8) is 0 Å². The summed E-state index contributed by atoms with van der Waals surface area (Å²) in [6, 6.07) is 72.8. The van der Waals surface area contributed by atoms with Crippen molar-refractivity contribution in [1.82, 2.24) is 0 Å². The number of fused-ring (bicyclic) bond motifs is 9. The molecule has 0 aliphatic heterocycles. The van der Waals surface area contributed by atoms with E-state index >= 15 is 0 Å². The molecule has 0 spiro atoms. The van der Waals surface area contributed by atoms with Crippen LogP contribution in [0.4, 0.5) is 17.1 Å². The summed E-state index contributed by atoms with van der Waals surface area (Å²) in [6.07, 6.45) is 0. The van der Waals surface area contributed by atoms with Crippen LogP contribution in [0.3, 0.4) is 0 Å². The van der Waals surface area contributed by atoms with Gasteiger partial charge in [-0.15, -0.1) is 22.7 Å². The Hall–Kier alpha value is -6.98. The summed E-state index contributed by atoms with van der Waals surface area (Å²) in [5.74, 6) is 0. The van der Waals surface area contributed by atoms with Crippen LogP contribution >= 0.6 is 22.7 Å². The monoisotopic (exact) mass is 775 g/mol. The average molecular weight is 776 g/mol. The molecule has 0 unspecified atom stereocenters. The topological polar surface area (TPSA) is 16.4 Å². The zero-order valence-electron chi connectivity index (χ0n) is 31.2. The van der Waals surface area contributed by atoms with Gasteiger partial charge in [-0.1, -0.05) is 121 Å². The Balaban J connectivity index is 0.991. The van der Waals surface area contributed by atoms with E-state index in [0.29, 0.717) is 0 Å². The number of hydrogen-bond acceptors (Lipinski definition) is 4. The summed E-state index contributed by atoms with van der Waals surface area (Å²) >= 11 is 3.71. The van der Waals surface area contributed by atoms with Crippen molar-refractivity contribution in [2.45, 2.75) is 0 Å². The lowest BCUT2D eigenvalue weighted by molar-refractivity contribution is 0.670.